The summed E-state index contributed by atoms with van der Waals surface area (Å²) in [5.74, 6) is 2.05. The minimum Gasteiger partial charge on any atom is -0.493 e. The van der Waals surface area contributed by atoms with Gasteiger partial charge < -0.3 is 20.3 Å². The third-order valence-corrected chi connectivity index (χ3v) is 5.82. The van der Waals surface area contributed by atoms with E-state index in [2.05, 4.69) is 52.9 Å². The van der Waals surface area contributed by atoms with E-state index in [-0.39, 0.29) is 5.91 Å². The summed E-state index contributed by atoms with van der Waals surface area (Å²) >= 11 is 0. The molecule has 2 aromatic rings. The Morgan fingerprint density at radius 2 is 1.90 bits per heavy atom. The zero-order valence-electron chi connectivity index (χ0n) is 18.3. The van der Waals surface area contributed by atoms with Gasteiger partial charge in [-0.05, 0) is 48.1 Å². The fourth-order valence-electron chi connectivity index (χ4n) is 4.15. The first-order chi connectivity index (χ1) is 15.2. The highest BCUT2D eigenvalue weighted by molar-refractivity contribution is 5.80. The number of nitrogens with zero attached hydrogens (tertiary/aromatic N) is 2. The van der Waals surface area contributed by atoms with Crippen molar-refractivity contribution in [2.24, 2.45) is 4.99 Å². The van der Waals surface area contributed by atoms with Crippen molar-refractivity contribution in [3.8, 4) is 5.75 Å². The van der Waals surface area contributed by atoms with Gasteiger partial charge in [-0.1, -0.05) is 36.4 Å². The van der Waals surface area contributed by atoms with Crippen LogP contribution in [0, 0.1) is 0 Å². The van der Waals surface area contributed by atoms with Crippen LogP contribution in [0.15, 0.2) is 47.5 Å². The normalized spacial score (nSPS) is 14.7. The van der Waals surface area contributed by atoms with Crippen molar-refractivity contribution in [1.82, 2.24) is 15.5 Å². The second kappa shape index (κ2) is 10.3. The molecule has 6 heteroatoms. The van der Waals surface area contributed by atoms with E-state index in [1.165, 1.54) is 22.3 Å². The summed E-state index contributed by atoms with van der Waals surface area (Å²) in [6, 6.07) is 14.8. The van der Waals surface area contributed by atoms with Gasteiger partial charge in [0.05, 0.1) is 6.61 Å². The fourth-order valence-corrected chi connectivity index (χ4v) is 4.15. The van der Waals surface area contributed by atoms with Crippen molar-refractivity contribution in [1.29, 1.82) is 0 Å². The minimum absolute atomic E-state index is 0.213. The van der Waals surface area contributed by atoms with E-state index >= 15 is 0 Å². The quantitative estimate of drug-likeness (QED) is 0.391. The Kier molecular flexibility index (Phi) is 7.07. The molecule has 2 aromatic carbocycles. The SMILES string of the molecule is CCNC(=NCCCC(=O)N1Cc2ccccc2C1)NCCc1ccc2c(c1)CCO2. The molecule has 0 aliphatic carbocycles. The van der Waals surface area contributed by atoms with E-state index in [1.54, 1.807) is 0 Å². The van der Waals surface area contributed by atoms with Gasteiger partial charge in [-0.25, -0.2) is 0 Å². The van der Waals surface area contributed by atoms with Crippen LogP contribution in [0.1, 0.15) is 42.0 Å². The van der Waals surface area contributed by atoms with Gasteiger partial charge in [-0.2, -0.15) is 0 Å². The molecule has 0 atom stereocenters. The zero-order valence-corrected chi connectivity index (χ0v) is 18.3. The molecule has 1 amide bonds. The molecular weight excluding hydrogens is 388 g/mol. The molecule has 6 nitrogen and oxygen atoms in total. The Bertz CT molecular complexity index is 916. The topological polar surface area (TPSA) is 66.0 Å². The third-order valence-electron chi connectivity index (χ3n) is 5.82. The average Bonchev–Trinajstić information content (AvgIpc) is 3.43. The summed E-state index contributed by atoms with van der Waals surface area (Å²) < 4.78 is 5.58. The first-order valence-corrected chi connectivity index (χ1v) is 11.3. The second-order valence-electron chi connectivity index (χ2n) is 8.10. The number of rotatable bonds is 8. The van der Waals surface area contributed by atoms with Crippen molar-refractivity contribution in [2.45, 2.75) is 45.7 Å². The monoisotopic (exact) mass is 420 g/mol. The van der Waals surface area contributed by atoms with Gasteiger partial charge in [0.15, 0.2) is 5.96 Å². The number of ether oxygens (including phenoxy) is 1. The summed E-state index contributed by atoms with van der Waals surface area (Å²) in [6.45, 7) is 6.59. The van der Waals surface area contributed by atoms with Gasteiger partial charge in [0.2, 0.25) is 5.91 Å². The number of amides is 1. The second-order valence-corrected chi connectivity index (χ2v) is 8.10. The molecule has 2 aliphatic heterocycles. The Morgan fingerprint density at radius 1 is 1.10 bits per heavy atom. The minimum atomic E-state index is 0.213. The molecule has 0 bridgehead atoms. The standard InChI is InChI=1S/C25H32N4O2/c1-2-26-25(28-14-11-19-9-10-23-20(16-19)12-15-31-23)27-13-5-8-24(30)29-17-21-6-3-4-7-22(21)18-29/h3-4,6-7,9-10,16H,2,5,8,11-15,17-18H2,1H3,(H2,26,27,28). The molecule has 0 fully saturated rings. The molecule has 164 valence electrons. The Labute approximate surface area is 184 Å². The molecule has 4 rings (SSSR count). The highest BCUT2D eigenvalue weighted by atomic mass is 16.5. The van der Waals surface area contributed by atoms with Gasteiger partial charge in [-0.15, -0.1) is 0 Å². The maximum absolute atomic E-state index is 12.5. The summed E-state index contributed by atoms with van der Waals surface area (Å²) in [4.78, 5) is 19.1. The van der Waals surface area contributed by atoms with Crippen LogP contribution in [0.4, 0.5) is 0 Å². The lowest BCUT2D eigenvalue weighted by atomic mass is 10.1. The number of hydrogen-bond donors (Lipinski definition) is 2. The molecular formula is C25H32N4O2. The van der Waals surface area contributed by atoms with Crippen molar-refractivity contribution in [3.05, 3.63) is 64.7 Å². The van der Waals surface area contributed by atoms with Gasteiger partial charge in [0, 0.05) is 45.6 Å². The molecule has 2 N–H and O–H groups in total. The fraction of sp³-hybridized carbons (Fsp3) is 0.440. The molecule has 0 spiro atoms. The molecule has 2 aliphatic rings. The predicted octanol–water partition coefficient (Wildman–Crippen LogP) is 3.04. The summed E-state index contributed by atoms with van der Waals surface area (Å²) in [5.41, 5.74) is 5.15. The van der Waals surface area contributed by atoms with E-state index in [0.717, 1.165) is 63.8 Å². The number of carbonyl (C=O) groups excluding carboxylic acids is 1. The summed E-state index contributed by atoms with van der Waals surface area (Å²) in [5, 5.41) is 6.69. The first-order valence-electron chi connectivity index (χ1n) is 11.3. The number of benzene rings is 2. The van der Waals surface area contributed by atoms with E-state index in [9.17, 15) is 4.79 Å². The first kappa shape index (κ1) is 21.2. The van der Waals surface area contributed by atoms with Gasteiger partial charge in [-0.3, -0.25) is 9.79 Å². The Hall–Kier alpha value is -3.02. The predicted molar refractivity (Wildman–Crippen MR) is 123 cm³/mol. The number of carbonyl (C=O) groups is 1. The highest BCUT2D eigenvalue weighted by Crippen LogP contribution is 2.26. The van der Waals surface area contributed by atoms with Crippen LogP contribution in [0.2, 0.25) is 0 Å². The molecule has 0 unspecified atom stereocenters. The smallest absolute Gasteiger partial charge is 0.223 e. The van der Waals surface area contributed by atoms with Crippen LogP contribution in [0.5, 0.6) is 5.75 Å². The number of guanidine groups is 1. The summed E-state index contributed by atoms with van der Waals surface area (Å²) in [6.07, 6.45) is 3.23. The maximum atomic E-state index is 12.5. The highest BCUT2D eigenvalue weighted by Gasteiger charge is 2.22. The molecule has 0 saturated carbocycles. The summed E-state index contributed by atoms with van der Waals surface area (Å²) in [7, 11) is 0. The van der Waals surface area contributed by atoms with Crippen molar-refractivity contribution in [3.63, 3.8) is 0 Å². The average molecular weight is 421 g/mol. The van der Waals surface area contributed by atoms with Crippen molar-refractivity contribution < 1.29 is 9.53 Å². The van der Waals surface area contributed by atoms with Crippen LogP contribution >= 0.6 is 0 Å². The lowest BCUT2D eigenvalue weighted by molar-refractivity contribution is -0.131. The maximum Gasteiger partial charge on any atom is 0.223 e. The number of nitrogens with one attached hydrogen (secondary N) is 2. The lowest BCUT2D eigenvalue weighted by Crippen LogP contribution is -2.38. The van der Waals surface area contributed by atoms with Gasteiger partial charge >= 0.3 is 0 Å². The van der Waals surface area contributed by atoms with Crippen LogP contribution in [0.3, 0.4) is 0 Å². The van der Waals surface area contributed by atoms with Gasteiger partial charge in [0.25, 0.3) is 0 Å². The molecule has 31 heavy (non-hydrogen) atoms. The molecule has 0 radical (unpaired) electrons. The van der Waals surface area contributed by atoms with Crippen molar-refractivity contribution in [2.75, 3.05) is 26.2 Å². The zero-order chi connectivity index (χ0) is 21.5. The number of fused-ring (bicyclic) bond motifs is 2. The number of aliphatic imine (C=N–C) groups is 1. The largest absolute Gasteiger partial charge is 0.493 e. The van der Waals surface area contributed by atoms with Gasteiger partial charge in [0.1, 0.15) is 5.75 Å². The van der Waals surface area contributed by atoms with E-state index in [0.29, 0.717) is 13.0 Å². The number of hydrogen-bond acceptors (Lipinski definition) is 3. The van der Waals surface area contributed by atoms with Crippen molar-refractivity contribution >= 4 is 11.9 Å². The van der Waals surface area contributed by atoms with Crippen LogP contribution in [-0.2, 0) is 30.7 Å². The lowest BCUT2D eigenvalue weighted by Gasteiger charge is -2.15. The van der Waals surface area contributed by atoms with E-state index < -0.39 is 0 Å². The van der Waals surface area contributed by atoms with E-state index in [1.807, 2.05) is 17.0 Å². The van der Waals surface area contributed by atoms with Crippen LogP contribution in [-0.4, -0.2) is 43.0 Å². The Morgan fingerprint density at radius 3 is 2.68 bits per heavy atom. The van der Waals surface area contributed by atoms with Crippen LogP contribution in [0.25, 0.3) is 0 Å². The van der Waals surface area contributed by atoms with E-state index in [4.69, 9.17) is 4.74 Å². The molecule has 0 saturated heterocycles. The Balaban J connectivity index is 1.19. The van der Waals surface area contributed by atoms with Crippen LogP contribution < -0.4 is 15.4 Å². The molecule has 0 aromatic heterocycles. The molecule has 2 heterocycles. The third kappa shape index (κ3) is 5.57.